The third kappa shape index (κ3) is 137. The molecule has 8 aromatic carbocycles. The number of rotatable bonds is 5. The zero-order valence-electron chi connectivity index (χ0n) is 87.6. The van der Waals surface area contributed by atoms with Crippen LogP contribution in [0, 0.1) is 0 Å². The summed E-state index contributed by atoms with van der Waals surface area (Å²) in [5, 5.41) is 2.62. The van der Waals surface area contributed by atoms with Crippen LogP contribution in [0.3, 0.4) is 0 Å². The number of benzene rings is 8. The van der Waals surface area contributed by atoms with Crippen molar-refractivity contribution < 1.29 is 0 Å². The third-order valence-corrected chi connectivity index (χ3v) is 13.0. The topological polar surface area (TPSA) is 0 Å². The number of hydrogen-bond donors (Lipinski definition) is 0. The van der Waals surface area contributed by atoms with Crippen LogP contribution in [0.5, 0.6) is 0 Å². The van der Waals surface area contributed by atoms with Crippen LogP contribution in [0.15, 0.2) is 279 Å². The monoisotopic (exact) mass is 1640 g/mol. The van der Waals surface area contributed by atoms with E-state index in [2.05, 4.69) is 385 Å². The molecule has 5 aliphatic carbocycles. The highest BCUT2D eigenvalue weighted by molar-refractivity contribution is 5.82. The van der Waals surface area contributed by atoms with Gasteiger partial charge in [0.05, 0.1) is 0 Å². The van der Waals surface area contributed by atoms with Gasteiger partial charge in [-0.25, -0.2) is 0 Å². The maximum Gasteiger partial charge on any atom is -0.00258 e. The fraction of sp³-hybridized carbons (Fsp3) is 0.529. The van der Waals surface area contributed by atoms with E-state index in [1.54, 1.807) is 0 Å². The van der Waals surface area contributed by atoms with Crippen molar-refractivity contribution in [3.63, 3.8) is 0 Å². The zero-order chi connectivity index (χ0) is 94.4. The van der Waals surface area contributed by atoms with Gasteiger partial charge in [0, 0.05) is 0 Å². The quantitative estimate of drug-likeness (QED) is 0.161. The molecule has 0 heteroatoms. The van der Waals surface area contributed by atoms with Crippen molar-refractivity contribution >= 4 is 16.8 Å². The van der Waals surface area contributed by atoms with Crippen LogP contribution in [-0.4, -0.2) is 0 Å². The Kier molecular flexibility index (Phi) is 199. The first-order chi connectivity index (χ1) is 58.6. The van der Waals surface area contributed by atoms with Gasteiger partial charge in [0.15, 0.2) is 0 Å². The number of aryl methyl sites for hydroxylation is 3. The van der Waals surface area contributed by atoms with Crippen molar-refractivity contribution in [2.75, 3.05) is 0 Å². The molecule has 0 amide bonds. The second-order valence-electron chi connectivity index (χ2n) is 24.0. The van der Waals surface area contributed by atoms with Crippen molar-refractivity contribution in [3.05, 3.63) is 318 Å². The molecule has 0 aromatic heterocycles. The summed E-state index contributed by atoms with van der Waals surface area (Å²) in [5.74, 6) is 0. The molecule has 0 spiro atoms. The number of hydrogen-bond acceptors (Lipinski definition) is 0. The van der Waals surface area contributed by atoms with Gasteiger partial charge in [-0.3, -0.25) is 0 Å². The summed E-state index contributed by atoms with van der Waals surface area (Å²) in [5.41, 5.74) is 9.81. The lowest BCUT2D eigenvalue weighted by Gasteiger charge is -2.00. The Morgan fingerprint density at radius 1 is 0.185 bits per heavy atom. The van der Waals surface area contributed by atoms with Crippen LogP contribution in [0.1, 0.15) is 431 Å². The van der Waals surface area contributed by atoms with Crippen molar-refractivity contribution in [2.24, 2.45) is 0 Å². The highest BCUT2D eigenvalue weighted by atomic mass is 14.1. The molecule has 8 aromatic rings. The van der Waals surface area contributed by atoms with Gasteiger partial charge in [-0.1, -0.05) is 664 Å². The second kappa shape index (κ2) is 162. The zero-order valence-corrected chi connectivity index (χ0v) is 87.6. The predicted octanol–water partition coefficient (Wildman–Crippen LogP) is 43.2. The SMILES string of the molecule is C1=CCC=C1.C1=CCC=C1.C1=Cc2ccccc2C1.C1CCCC1.C1CCCC1.CC.CC.CC.CC.CC.CC.CC.CC.CC.CC.CC.CCC.CCC.CCC.CCC.CCC.CCC.CCC.CCc1ccccc1.CCc1ccccc1.CCc1ccccc1.c1ccc(Cc2ccccc2)cc1.c1ccc2ccccc2c1. The van der Waals surface area contributed by atoms with E-state index in [9.17, 15) is 0 Å². The minimum absolute atomic E-state index is 1.03. The van der Waals surface area contributed by atoms with Gasteiger partial charge in [0.25, 0.3) is 0 Å². The average Bonchev–Trinajstić information content (AvgIpc) is 1.83. The van der Waals surface area contributed by atoms with Gasteiger partial charge in [-0.05, 0) is 94.7 Å². The molecule has 0 saturated heterocycles. The van der Waals surface area contributed by atoms with E-state index in [0.29, 0.717) is 0 Å². The van der Waals surface area contributed by atoms with E-state index in [0.717, 1.165) is 44.9 Å². The Bertz CT molecular complexity index is 2560. The van der Waals surface area contributed by atoms with Gasteiger partial charge in [-0.2, -0.15) is 0 Å². The van der Waals surface area contributed by atoms with E-state index in [1.165, 1.54) is 159 Å². The van der Waals surface area contributed by atoms with Gasteiger partial charge in [0.2, 0.25) is 0 Å². The second-order valence-corrected chi connectivity index (χ2v) is 24.0. The largest absolute Gasteiger partial charge is 0.0808 e. The minimum Gasteiger partial charge on any atom is -0.0808 e. The normalized spacial score (nSPS) is 9.91. The Labute approximate surface area is 754 Å². The molecule has 0 atom stereocenters. The van der Waals surface area contributed by atoms with Gasteiger partial charge < -0.3 is 0 Å². The van der Waals surface area contributed by atoms with Crippen LogP contribution < -0.4 is 0 Å². The Hall–Kier alpha value is -7.28. The summed E-state index contributed by atoms with van der Waals surface area (Å²) in [4.78, 5) is 0. The maximum atomic E-state index is 2.20. The summed E-state index contributed by atoms with van der Waals surface area (Å²) in [6.07, 6.45) is 52.7. The van der Waals surface area contributed by atoms with Crippen LogP contribution in [-0.2, 0) is 32.1 Å². The standard InChI is InChI=1S/C13H12.C10H8.C9H8.3C8H10.2C5H10.2C5H6.7C3H8.11C2H6/c1-3-7-12(8-4-1)11-13-9-5-2-6-10-13;1-2-6-10-8-4-3-7-9(10)5-1;1-2-5-9-7-3-6-8(9)4-1;3*1-2-8-6-4-3-5-7-8;4*1-2-4-5-3-1;7*1-3-2;11*1-2/h1-10H,11H2;1-8H;1-6H,7H2;3*3-7H,2H2,1H3;2*1-5H2;2*1-4H,5H2;7*3H2,1-2H3;11*1-2H3. The predicted molar refractivity (Wildman–Crippen MR) is 575 cm³/mol. The van der Waals surface area contributed by atoms with Gasteiger partial charge in [-0.15, -0.1) is 0 Å². The lowest BCUT2D eigenvalue weighted by Crippen LogP contribution is -1.85. The molecule has 0 aliphatic heterocycles. The molecule has 688 valence electrons. The van der Waals surface area contributed by atoms with E-state index >= 15 is 0 Å². The Morgan fingerprint density at radius 2 is 0.353 bits per heavy atom. The molecule has 119 heavy (non-hydrogen) atoms. The molecular formula is C119H212. The molecule has 0 nitrogen and oxygen atoms in total. The maximum absolute atomic E-state index is 2.20. The smallest absolute Gasteiger partial charge is 0.00258 e. The van der Waals surface area contributed by atoms with Crippen LogP contribution in [0.4, 0.5) is 0 Å². The molecule has 5 aliphatic rings. The van der Waals surface area contributed by atoms with Crippen molar-refractivity contribution in [1.82, 2.24) is 0 Å². The van der Waals surface area contributed by atoms with Crippen molar-refractivity contribution in [3.8, 4) is 0 Å². The number of allylic oxidation sites excluding steroid dienone is 9. The fourth-order valence-electron chi connectivity index (χ4n) is 8.45. The summed E-state index contributed by atoms with van der Waals surface area (Å²) >= 11 is 0. The molecule has 0 N–H and O–H groups in total. The molecule has 0 unspecified atom stereocenters. The van der Waals surface area contributed by atoms with Gasteiger partial charge >= 0.3 is 0 Å². The molecule has 2 fully saturated rings. The van der Waals surface area contributed by atoms with Crippen LogP contribution in [0.2, 0.25) is 0 Å². The van der Waals surface area contributed by atoms with E-state index < -0.39 is 0 Å². The number of fused-ring (bicyclic) bond motifs is 2. The van der Waals surface area contributed by atoms with Crippen LogP contribution >= 0.6 is 0 Å². The fourth-order valence-corrected chi connectivity index (χ4v) is 8.45. The highest BCUT2D eigenvalue weighted by Crippen LogP contribution is 2.18. The molecule has 0 radical (unpaired) electrons. The van der Waals surface area contributed by atoms with E-state index in [1.807, 2.05) is 171 Å². The third-order valence-electron chi connectivity index (χ3n) is 13.0. The molecular weight excluding hydrogens is 1430 g/mol. The summed E-state index contributed by atoms with van der Waals surface area (Å²) in [7, 11) is 0. The van der Waals surface area contributed by atoms with Crippen LogP contribution in [0.25, 0.3) is 16.8 Å². The first-order valence-electron chi connectivity index (χ1n) is 49.6. The summed E-state index contributed by atoms with van der Waals surface area (Å²) < 4.78 is 0. The first-order valence-corrected chi connectivity index (χ1v) is 49.6. The minimum atomic E-state index is 1.03. The molecule has 0 heterocycles. The van der Waals surface area contributed by atoms with Gasteiger partial charge in [0.1, 0.15) is 0 Å². The lowest BCUT2D eigenvalue weighted by atomic mass is 10.1. The Morgan fingerprint density at radius 3 is 0.513 bits per heavy atom. The van der Waals surface area contributed by atoms with Crippen molar-refractivity contribution in [2.45, 2.75) is 424 Å². The highest BCUT2D eigenvalue weighted by Gasteiger charge is 2.01. The van der Waals surface area contributed by atoms with E-state index in [-0.39, 0.29) is 0 Å². The molecule has 13 rings (SSSR count). The lowest BCUT2D eigenvalue weighted by molar-refractivity contribution is 0.886. The first kappa shape index (κ1) is 146. The van der Waals surface area contributed by atoms with Crippen molar-refractivity contribution in [1.29, 1.82) is 0 Å². The average molecular weight is 1640 g/mol. The summed E-state index contributed by atoms with van der Waals surface area (Å²) in [6, 6.07) is 77.6. The molecule has 0 bridgehead atoms. The summed E-state index contributed by atoms with van der Waals surface area (Å²) in [6.45, 7) is 80.2. The molecule has 2 saturated carbocycles. The Balaban J connectivity index is -0.0000000744. The van der Waals surface area contributed by atoms with E-state index in [4.69, 9.17) is 0 Å².